The second-order valence-electron chi connectivity index (χ2n) is 4.46. The van der Waals surface area contributed by atoms with Gasteiger partial charge in [0, 0.05) is 23.5 Å². The number of unbranched alkanes of at least 4 members (excludes halogenated alkanes) is 3. The van der Waals surface area contributed by atoms with Crippen molar-refractivity contribution in [1.82, 2.24) is 5.32 Å². The zero-order valence-corrected chi connectivity index (χ0v) is 13.7. The predicted molar refractivity (Wildman–Crippen MR) is 84.1 cm³/mol. The number of alkyl halides is 1. The van der Waals surface area contributed by atoms with Gasteiger partial charge in [-0.25, -0.2) is 0 Å². The highest BCUT2D eigenvalue weighted by Crippen LogP contribution is 2.22. The molecular formula is C15H22BrNO3. The molecule has 0 aliphatic rings. The molecule has 4 nitrogen and oxygen atoms in total. The zero-order valence-electron chi connectivity index (χ0n) is 12.1. The molecule has 0 fully saturated rings. The van der Waals surface area contributed by atoms with Crippen molar-refractivity contribution in [1.29, 1.82) is 0 Å². The molecule has 0 saturated carbocycles. The van der Waals surface area contributed by atoms with E-state index in [0.717, 1.165) is 18.2 Å². The van der Waals surface area contributed by atoms with Crippen molar-refractivity contribution in [2.45, 2.75) is 25.7 Å². The van der Waals surface area contributed by atoms with Crippen molar-refractivity contribution in [2.24, 2.45) is 0 Å². The van der Waals surface area contributed by atoms with Gasteiger partial charge in [0.2, 0.25) is 0 Å². The van der Waals surface area contributed by atoms with Crippen LogP contribution in [0.15, 0.2) is 18.2 Å². The van der Waals surface area contributed by atoms with Crippen LogP contribution in [0, 0.1) is 0 Å². The Balaban J connectivity index is 2.46. The summed E-state index contributed by atoms with van der Waals surface area (Å²) >= 11 is 3.41. The summed E-state index contributed by atoms with van der Waals surface area (Å²) in [6.07, 6.45) is 4.50. The van der Waals surface area contributed by atoms with E-state index in [1.807, 2.05) is 0 Å². The number of nitrogens with one attached hydrogen (secondary N) is 1. The van der Waals surface area contributed by atoms with Gasteiger partial charge in [-0.1, -0.05) is 28.8 Å². The number of amides is 1. The standard InChI is InChI=1S/C15H22BrNO3/c1-19-13-9-12(10-14(11-13)20-2)15(18)17-8-6-4-3-5-7-16/h9-11H,3-8H2,1-2H3,(H,17,18). The topological polar surface area (TPSA) is 47.6 Å². The third-order valence-electron chi connectivity index (χ3n) is 2.96. The third kappa shape index (κ3) is 5.82. The lowest BCUT2D eigenvalue weighted by Crippen LogP contribution is -2.24. The average Bonchev–Trinajstić information content (AvgIpc) is 2.49. The summed E-state index contributed by atoms with van der Waals surface area (Å²) in [5.41, 5.74) is 0.557. The second kappa shape index (κ2) is 9.64. The number of rotatable bonds is 9. The van der Waals surface area contributed by atoms with E-state index in [0.29, 0.717) is 23.6 Å². The zero-order chi connectivity index (χ0) is 14.8. The molecule has 112 valence electrons. The van der Waals surface area contributed by atoms with Crippen LogP contribution in [0.25, 0.3) is 0 Å². The molecular weight excluding hydrogens is 322 g/mol. The second-order valence-corrected chi connectivity index (χ2v) is 5.25. The summed E-state index contributed by atoms with van der Waals surface area (Å²) in [7, 11) is 3.14. The fraction of sp³-hybridized carbons (Fsp3) is 0.533. The Morgan fingerprint density at radius 1 is 1.05 bits per heavy atom. The maximum atomic E-state index is 12.0. The Kier molecular flexibility index (Phi) is 8.11. The Morgan fingerprint density at radius 2 is 1.65 bits per heavy atom. The number of ether oxygens (including phenoxy) is 2. The minimum absolute atomic E-state index is 0.0947. The lowest BCUT2D eigenvalue weighted by atomic mass is 10.1. The van der Waals surface area contributed by atoms with Gasteiger partial charge in [0.25, 0.3) is 5.91 Å². The molecule has 0 unspecified atom stereocenters. The van der Waals surface area contributed by atoms with Crippen LogP contribution in [0.2, 0.25) is 0 Å². The fourth-order valence-electron chi connectivity index (χ4n) is 1.82. The van der Waals surface area contributed by atoms with E-state index < -0.39 is 0 Å². The van der Waals surface area contributed by atoms with E-state index in [1.165, 1.54) is 12.8 Å². The number of halogens is 1. The molecule has 0 spiro atoms. The summed E-state index contributed by atoms with van der Waals surface area (Å²) in [6.45, 7) is 0.695. The number of hydrogen-bond donors (Lipinski definition) is 1. The molecule has 20 heavy (non-hydrogen) atoms. The van der Waals surface area contributed by atoms with Gasteiger partial charge in [-0.3, -0.25) is 4.79 Å². The maximum absolute atomic E-state index is 12.0. The first-order valence-electron chi connectivity index (χ1n) is 6.78. The van der Waals surface area contributed by atoms with Gasteiger partial charge >= 0.3 is 0 Å². The summed E-state index contributed by atoms with van der Waals surface area (Å²) < 4.78 is 10.3. The van der Waals surface area contributed by atoms with Gasteiger partial charge in [0.1, 0.15) is 11.5 Å². The van der Waals surface area contributed by atoms with Crippen molar-refractivity contribution in [3.05, 3.63) is 23.8 Å². The summed E-state index contributed by atoms with van der Waals surface area (Å²) in [6, 6.07) is 5.17. The SMILES string of the molecule is COc1cc(OC)cc(C(=O)NCCCCCCBr)c1. The van der Waals surface area contributed by atoms with E-state index >= 15 is 0 Å². The van der Waals surface area contributed by atoms with Crippen LogP contribution in [-0.4, -0.2) is 32.0 Å². The van der Waals surface area contributed by atoms with Crippen LogP contribution in [0.4, 0.5) is 0 Å². The first-order chi connectivity index (χ1) is 9.71. The highest BCUT2D eigenvalue weighted by atomic mass is 79.9. The summed E-state index contributed by atoms with van der Waals surface area (Å²) in [5.74, 6) is 1.14. The van der Waals surface area contributed by atoms with Crippen LogP contribution >= 0.6 is 15.9 Å². The van der Waals surface area contributed by atoms with Crippen LogP contribution in [0.5, 0.6) is 11.5 Å². The molecule has 0 aliphatic carbocycles. The van der Waals surface area contributed by atoms with Crippen molar-refractivity contribution in [2.75, 3.05) is 26.1 Å². The first-order valence-corrected chi connectivity index (χ1v) is 7.90. The molecule has 0 saturated heterocycles. The Hall–Kier alpha value is -1.23. The van der Waals surface area contributed by atoms with E-state index in [4.69, 9.17) is 9.47 Å². The highest BCUT2D eigenvalue weighted by molar-refractivity contribution is 9.09. The van der Waals surface area contributed by atoms with Crippen LogP contribution in [0.1, 0.15) is 36.0 Å². The van der Waals surface area contributed by atoms with Gasteiger partial charge in [-0.05, 0) is 25.0 Å². The quantitative estimate of drug-likeness (QED) is 0.552. The third-order valence-corrected chi connectivity index (χ3v) is 3.52. The van der Waals surface area contributed by atoms with Crippen LogP contribution in [-0.2, 0) is 0 Å². The summed E-state index contributed by atoms with van der Waals surface area (Å²) in [5, 5.41) is 3.96. The fourth-order valence-corrected chi connectivity index (χ4v) is 2.21. The smallest absolute Gasteiger partial charge is 0.251 e. The van der Waals surface area contributed by atoms with E-state index in [1.54, 1.807) is 32.4 Å². The highest BCUT2D eigenvalue weighted by Gasteiger charge is 2.09. The lowest BCUT2D eigenvalue weighted by Gasteiger charge is -2.09. The van der Waals surface area contributed by atoms with E-state index in [2.05, 4.69) is 21.2 Å². The lowest BCUT2D eigenvalue weighted by molar-refractivity contribution is 0.0952. The van der Waals surface area contributed by atoms with Crippen molar-refractivity contribution in [3.8, 4) is 11.5 Å². The maximum Gasteiger partial charge on any atom is 0.251 e. The summed E-state index contributed by atoms with van der Waals surface area (Å²) in [4.78, 5) is 12.0. The van der Waals surface area contributed by atoms with E-state index in [9.17, 15) is 4.79 Å². The normalized spacial score (nSPS) is 10.2. The van der Waals surface area contributed by atoms with Gasteiger partial charge in [0.05, 0.1) is 14.2 Å². The average molecular weight is 344 g/mol. The van der Waals surface area contributed by atoms with Crippen molar-refractivity contribution < 1.29 is 14.3 Å². The molecule has 5 heteroatoms. The molecule has 1 amide bonds. The monoisotopic (exact) mass is 343 g/mol. The van der Waals surface area contributed by atoms with E-state index in [-0.39, 0.29) is 5.91 Å². The van der Waals surface area contributed by atoms with Gasteiger partial charge in [-0.15, -0.1) is 0 Å². The number of hydrogen-bond acceptors (Lipinski definition) is 3. The van der Waals surface area contributed by atoms with Crippen molar-refractivity contribution >= 4 is 21.8 Å². The minimum atomic E-state index is -0.0947. The molecule has 0 atom stereocenters. The minimum Gasteiger partial charge on any atom is -0.497 e. The largest absolute Gasteiger partial charge is 0.497 e. The molecule has 0 radical (unpaired) electrons. The van der Waals surface area contributed by atoms with Crippen molar-refractivity contribution in [3.63, 3.8) is 0 Å². The molecule has 1 aromatic carbocycles. The van der Waals surface area contributed by atoms with Gasteiger partial charge < -0.3 is 14.8 Å². The number of carbonyl (C=O) groups excluding carboxylic acids is 1. The molecule has 0 aromatic heterocycles. The van der Waals surface area contributed by atoms with Crippen LogP contribution in [0.3, 0.4) is 0 Å². The number of benzene rings is 1. The Labute approximate surface area is 129 Å². The first kappa shape index (κ1) is 16.8. The van der Waals surface area contributed by atoms with Gasteiger partial charge in [0.15, 0.2) is 0 Å². The molecule has 0 heterocycles. The molecule has 0 aliphatic heterocycles. The molecule has 1 N–H and O–H groups in total. The Bertz CT molecular complexity index is 401. The Morgan fingerprint density at radius 3 is 2.20 bits per heavy atom. The number of carbonyl (C=O) groups is 1. The molecule has 0 bridgehead atoms. The molecule has 1 aromatic rings. The predicted octanol–water partition coefficient (Wildman–Crippen LogP) is 3.39. The van der Waals surface area contributed by atoms with Gasteiger partial charge in [-0.2, -0.15) is 0 Å². The number of methoxy groups -OCH3 is 2. The van der Waals surface area contributed by atoms with Crippen LogP contribution < -0.4 is 14.8 Å². The molecule has 1 rings (SSSR count).